The van der Waals surface area contributed by atoms with Gasteiger partial charge in [0.1, 0.15) is 5.82 Å². The van der Waals surface area contributed by atoms with Gasteiger partial charge in [-0.1, -0.05) is 30.3 Å². The zero-order chi connectivity index (χ0) is 18.9. The van der Waals surface area contributed by atoms with E-state index in [-0.39, 0.29) is 17.3 Å². The minimum atomic E-state index is -4.59. The zero-order valence-electron chi connectivity index (χ0n) is 13.3. The molecule has 0 saturated carbocycles. The maximum Gasteiger partial charge on any atom is 0.434 e. The van der Waals surface area contributed by atoms with Crippen molar-refractivity contribution in [2.75, 3.05) is 0 Å². The number of imidazole rings is 1. The SMILES string of the molecule is NS(=O)(=O)c1ccc(-c2nc(C(F)(F)F)cn2Cc2ccccc2)cc1. The second-order valence-corrected chi connectivity index (χ2v) is 7.19. The number of halogens is 3. The van der Waals surface area contributed by atoms with E-state index in [0.717, 1.165) is 11.8 Å². The van der Waals surface area contributed by atoms with Crippen LogP contribution in [0.4, 0.5) is 13.2 Å². The Morgan fingerprint density at radius 2 is 1.62 bits per heavy atom. The largest absolute Gasteiger partial charge is 0.434 e. The van der Waals surface area contributed by atoms with Crippen LogP contribution in [0.5, 0.6) is 0 Å². The van der Waals surface area contributed by atoms with E-state index in [1.807, 2.05) is 6.07 Å². The van der Waals surface area contributed by atoms with E-state index >= 15 is 0 Å². The number of sulfonamides is 1. The number of hydrogen-bond donors (Lipinski definition) is 1. The quantitative estimate of drug-likeness (QED) is 0.753. The summed E-state index contributed by atoms with van der Waals surface area (Å²) in [4.78, 5) is 3.57. The van der Waals surface area contributed by atoms with Gasteiger partial charge in [0, 0.05) is 18.3 Å². The molecule has 3 aromatic rings. The maximum atomic E-state index is 13.1. The lowest BCUT2D eigenvalue weighted by Crippen LogP contribution is -2.11. The summed E-state index contributed by atoms with van der Waals surface area (Å²) in [6, 6.07) is 14.2. The third-order valence-corrected chi connectivity index (χ3v) is 4.63. The van der Waals surface area contributed by atoms with Crippen molar-refractivity contribution in [3.05, 3.63) is 72.1 Å². The van der Waals surface area contributed by atoms with E-state index in [1.54, 1.807) is 24.3 Å². The molecular formula is C17H14F3N3O2S. The standard InChI is InChI=1S/C17H14F3N3O2S/c18-17(19,20)15-11-23(10-12-4-2-1-3-5-12)16(22-15)13-6-8-14(9-7-13)26(21,24)25/h1-9,11H,10H2,(H2,21,24,25). The molecule has 0 saturated heterocycles. The Morgan fingerprint density at radius 1 is 1.00 bits per heavy atom. The van der Waals surface area contributed by atoms with Crippen LogP contribution in [0.1, 0.15) is 11.3 Å². The lowest BCUT2D eigenvalue weighted by Gasteiger charge is -2.08. The molecule has 0 atom stereocenters. The molecule has 0 fully saturated rings. The van der Waals surface area contributed by atoms with Crippen LogP contribution in [0.2, 0.25) is 0 Å². The van der Waals surface area contributed by atoms with Gasteiger partial charge in [-0.25, -0.2) is 18.5 Å². The Hall–Kier alpha value is -2.65. The highest BCUT2D eigenvalue weighted by molar-refractivity contribution is 7.89. The van der Waals surface area contributed by atoms with Crippen molar-refractivity contribution in [1.82, 2.24) is 9.55 Å². The summed E-state index contributed by atoms with van der Waals surface area (Å²) < 4.78 is 63.3. The van der Waals surface area contributed by atoms with Crippen LogP contribution in [0.25, 0.3) is 11.4 Å². The topological polar surface area (TPSA) is 78.0 Å². The van der Waals surface area contributed by atoms with Gasteiger partial charge in [0.2, 0.25) is 10.0 Å². The van der Waals surface area contributed by atoms with Crippen molar-refractivity contribution >= 4 is 10.0 Å². The van der Waals surface area contributed by atoms with Crippen LogP contribution >= 0.6 is 0 Å². The van der Waals surface area contributed by atoms with E-state index in [2.05, 4.69) is 4.98 Å². The second kappa shape index (κ2) is 6.58. The Balaban J connectivity index is 2.06. The average Bonchev–Trinajstić information content (AvgIpc) is 2.99. The van der Waals surface area contributed by atoms with Crippen molar-refractivity contribution in [2.45, 2.75) is 17.6 Å². The normalized spacial score (nSPS) is 12.3. The van der Waals surface area contributed by atoms with Gasteiger partial charge in [-0.15, -0.1) is 0 Å². The number of nitrogens with zero attached hydrogens (tertiary/aromatic N) is 2. The highest BCUT2D eigenvalue weighted by Gasteiger charge is 2.35. The van der Waals surface area contributed by atoms with Crippen molar-refractivity contribution < 1.29 is 21.6 Å². The number of rotatable bonds is 4. The van der Waals surface area contributed by atoms with E-state index in [9.17, 15) is 21.6 Å². The van der Waals surface area contributed by atoms with Gasteiger partial charge in [-0.05, 0) is 29.8 Å². The highest BCUT2D eigenvalue weighted by atomic mass is 32.2. The summed E-state index contributed by atoms with van der Waals surface area (Å²) in [5.74, 6) is 0.0853. The van der Waals surface area contributed by atoms with E-state index < -0.39 is 21.9 Å². The van der Waals surface area contributed by atoms with Crippen molar-refractivity contribution in [1.29, 1.82) is 0 Å². The van der Waals surface area contributed by atoms with Crippen molar-refractivity contribution in [3.8, 4) is 11.4 Å². The first-order valence-corrected chi connectivity index (χ1v) is 9.01. The molecule has 3 rings (SSSR count). The molecule has 0 aliphatic carbocycles. The van der Waals surface area contributed by atoms with Crippen LogP contribution in [0, 0.1) is 0 Å². The van der Waals surface area contributed by atoms with Crippen LogP contribution in [0.15, 0.2) is 65.7 Å². The molecule has 0 aliphatic heterocycles. The molecule has 1 heterocycles. The monoisotopic (exact) mass is 381 g/mol. The molecule has 0 spiro atoms. The molecule has 5 nitrogen and oxygen atoms in total. The number of aromatic nitrogens is 2. The van der Waals surface area contributed by atoms with Gasteiger partial charge < -0.3 is 4.57 Å². The molecule has 0 unspecified atom stereocenters. The summed E-state index contributed by atoms with van der Waals surface area (Å²) in [6.07, 6.45) is -3.65. The third-order valence-electron chi connectivity index (χ3n) is 3.70. The van der Waals surface area contributed by atoms with Crippen LogP contribution in [0.3, 0.4) is 0 Å². The molecule has 2 N–H and O–H groups in total. The van der Waals surface area contributed by atoms with Crippen LogP contribution in [-0.2, 0) is 22.7 Å². The summed E-state index contributed by atoms with van der Waals surface area (Å²) in [5, 5.41) is 5.04. The summed E-state index contributed by atoms with van der Waals surface area (Å²) in [5.41, 5.74) is 0.142. The summed E-state index contributed by atoms with van der Waals surface area (Å²) in [7, 11) is -3.89. The molecule has 0 bridgehead atoms. The third kappa shape index (κ3) is 3.94. The Bertz CT molecular complexity index is 1010. The minimum Gasteiger partial charge on any atom is -0.326 e. The smallest absolute Gasteiger partial charge is 0.326 e. The molecule has 1 aromatic heterocycles. The predicted octanol–water partition coefficient (Wildman–Crippen LogP) is 3.26. The fourth-order valence-electron chi connectivity index (χ4n) is 2.48. The van der Waals surface area contributed by atoms with Gasteiger partial charge >= 0.3 is 6.18 Å². The van der Waals surface area contributed by atoms with E-state index in [1.165, 1.54) is 28.8 Å². The van der Waals surface area contributed by atoms with E-state index in [4.69, 9.17) is 5.14 Å². The molecule has 0 radical (unpaired) electrons. The second-order valence-electron chi connectivity index (χ2n) is 5.63. The summed E-state index contributed by atoms with van der Waals surface area (Å²) >= 11 is 0. The first-order valence-electron chi connectivity index (χ1n) is 7.46. The summed E-state index contributed by atoms with van der Waals surface area (Å²) in [6.45, 7) is 0.191. The lowest BCUT2D eigenvalue weighted by molar-refractivity contribution is -0.140. The van der Waals surface area contributed by atoms with Gasteiger partial charge in [0.15, 0.2) is 5.69 Å². The molecule has 0 aliphatic rings. The molecule has 136 valence electrons. The predicted molar refractivity (Wildman–Crippen MR) is 89.6 cm³/mol. The van der Waals surface area contributed by atoms with Crippen LogP contribution < -0.4 is 5.14 Å². The van der Waals surface area contributed by atoms with E-state index in [0.29, 0.717) is 5.56 Å². The fraction of sp³-hybridized carbons (Fsp3) is 0.118. The first-order chi connectivity index (χ1) is 12.1. The number of hydrogen-bond acceptors (Lipinski definition) is 3. The minimum absolute atomic E-state index is 0.0853. The molecule has 0 amide bonds. The van der Waals surface area contributed by atoms with Gasteiger partial charge in [0.25, 0.3) is 0 Å². The number of nitrogens with two attached hydrogens (primary N) is 1. The van der Waals surface area contributed by atoms with Gasteiger partial charge in [-0.2, -0.15) is 13.2 Å². The zero-order valence-corrected chi connectivity index (χ0v) is 14.1. The number of primary sulfonamides is 1. The molecule has 2 aromatic carbocycles. The van der Waals surface area contributed by atoms with Gasteiger partial charge in [0.05, 0.1) is 4.90 Å². The van der Waals surface area contributed by atoms with Crippen LogP contribution in [-0.4, -0.2) is 18.0 Å². The number of benzene rings is 2. The number of alkyl halides is 3. The Labute approximate surface area is 148 Å². The first kappa shape index (κ1) is 18.2. The molecule has 26 heavy (non-hydrogen) atoms. The Kier molecular flexibility index (Phi) is 4.59. The molecule has 9 heteroatoms. The molecular weight excluding hydrogens is 367 g/mol. The Morgan fingerprint density at radius 3 is 2.15 bits per heavy atom. The average molecular weight is 381 g/mol. The lowest BCUT2D eigenvalue weighted by atomic mass is 10.2. The van der Waals surface area contributed by atoms with Gasteiger partial charge in [-0.3, -0.25) is 0 Å². The van der Waals surface area contributed by atoms with Crippen molar-refractivity contribution in [3.63, 3.8) is 0 Å². The maximum absolute atomic E-state index is 13.1. The highest BCUT2D eigenvalue weighted by Crippen LogP contribution is 2.31. The van der Waals surface area contributed by atoms with Crippen molar-refractivity contribution in [2.24, 2.45) is 5.14 Å². The fourth-order valence-corrected chi connectivity index (χ4v) is 2.99.